The molecule has 0 radical (unpaired) electrons. The molecule has 3 aromatic rings. The van der Waals surface area contributed by atoms with E-state index in [1.54, 1.807) is 24.3 Å². The third-order valence-electron chi connectivity index (χ3n) is 5.30. The second-order valence-electron chi connectivity index (χ2n) is 7.43. The molecule has 0 unspecified atom stereocenters. The molecule has 156 valence electrons. The summed E-state index contributed by atoms with van der Waals surface area (Å²) in [5, 5.41) is 3.92. The van der Waals surface area contributed by atoms with Crippen LogP contribution >= 0.6 is 0 Å². The van der Waals surface area contributed by atoms with E-state index in [0.29, 0.717) is 13.1 Å². The number of hydrogen-bond acceptors (Lipinski definition) is 3. The van der Waals surface area contributed by atoms with E-state index in [1.807, 2.05) is 43.1 Å². The quantitative estimate of drug-likeness (QED) is 0.628. The highest BCUT2D eigenvalue weighted by Gasteiger charge is 2.41. The second kappa shape index (κ2) is 7.51. The molecule has 0 aliphatic carbocycles. The summed E-state index contributed by atoms with van der Waals surface area (Å²) in [7, 11) is 1.91. The van der Waals surface area contributed by atoms with E-state index in [9.17, 15) is 18.0 Å². The lowest BCUT2D eigenvalue weighted by Crippen LogP contribution is -2.35. The van der Waals surface area contributed by atoms with Gasteiger partial charge in [-0.1, -0.05) is 35.9 Å². The number of carbonyl (C=O) groups is 1. The van der Waals surface area contributed by atoms with Crippen molar-refractivity contribution in [3.05, 3.63) is 77.1 Å². The molecule has 2 heterocycles. The van der Waals surface area contributed by atoms with Gasteiger partial charge in [-0.2, -0.15) is 18.3 Å². The van der Waals surface area contributed by atoms with E-state index in [2.05, 4.69) is 5.10 Å². The number of halogens is 3. The molecule has 0 spiro atoms. The topological polar surface area (TPSA) is 41.4 Å². The van der Waals surface area contributed by atoms with E-state index in [0.717, 1.165) is 27.7 Å². The van der Waals surface area contributed by atoms with Crippen LogP contribution in [0, 0.1) is 6.92 Å². The number of aryl methyl sites for hydroxylation is 1. The molecular formula is C22H21F3N4O. The van der Waals surface area contributed by atoms with Crippen molar-refractivity contribution in [1.82, 2.24) is 14.7 Å². The van der Waals surface area contributed by atoms with Crippen molar-refractivity contribution in [2.45, 2.75) is 19.6 Å². The van der Waals surface area contributed by atoms with Crippen LogP contribution in [0.1, 0.15) is 27.2 Å². The number of nitrogens with zero attached hydrogens (tertiary/aromatic N) is 4. The second-order valence-corrected chi connectivity index (χ2v) is 7.43. The first-order chi connectivity index (χ1) is 14.3. The van der Waals surface area contributed by atoms with Crippen LogP contribution in [0.15, 0.2) is 54.7 Å². The molecule has 30 heavy (non-hydrogen) atoms. The molecule has 0 N–H and O–H groups in total. The summed E-state index contributed by atoms with van der Waals surface area (Å²) in [5.41, 5.74) is 1.55. The summed E-state index contributed by atoms with van der Waals surface area (Å²) >= 11 is 0. The van der Waals surface area contributed by atoms with Gasteiger partial charge in [0.2, 0.25) is 0 Å². The maximum atomic E-state index is 14.0. The summed E-state index contributed by atoms with van der Waals surface area (Å²) in [6, 6.07) is 14.1. The van der Waals surface area contributed by atoms with Crippen molar-refractivity contribution in [3.63, 3.8) is 0 Å². The van der Waals surface area contributed by atoms with Gasteiger partial charge >= 0.3 is 6.18 Å². The number of carbonyl (C=O) groups excluding carboxylic acids is 1. The minimum Gasteiger partial charge on any atom is -0.373 e. The first-order valence-corrected chi connectivity index (χ1v) is 9.56. The minimum atomic E-state index is -4.73. The van der Waals surface area contributed by atoms with Crippen molar-refractivity contribution in [3.8, 4) is 5.69 Å². The number of fused-ring (bicyclic) bond motifs is 1. The molecule has 8 heteroatoms. The van der Waals surface area contributed by atoms with Crippen molar-refractivity contribution in [2.75, 3.05) is 25.0 Å². The molecule has 0 saturated carbocycles. The van der Waals surface area contributed by atoms with Gasteiger partial charge in [0.25, 0.3) is 5.91 Å². The van der Waals surface area contributed by atoms with Crippen molar-refractivity contribution in [1.29, 1.82) is 0 Å². The summed E-state index contributed by atoms with van der Waals surface area (Å²) in [4.78, 5) is 16.6. The van der Waals surface area contributed by atoms with E-state index in [1.165, 1.54) is 4.90 Å². The number of aromatic nitrogens is 2. The molecule has 1 aromatic heterocycles. The van der Waals surface area contributed by atoms with E-state index in [-0.39, 0.29) is 12.2 Å². The standard InChI is InChI=1S/C22H21F3N4O/c1-15-7-9-17(10-8-15)29-20(22(23,24)25)18(13-26-29)21(30)28-12-11-27(2)19-6-4-3-5-16(19)14-28/h3-10,13H,11-12,14H2,1-2H3. The van der Waals surface area contributed by atoms with Crippen LogP contribution < -0.4 is 4.90 Å². The maximum absolute atomic E-state index is 14.0. The van der Waals surface area contributed by atoms with E-state index in [4.69, 9.17) is 0 Å². The molecule has 0 bridgehead atoms. The fourth-order valence-corrected chi connectivity index (χ4v) is 3.70. The zero-order valence-corrected chi connectivity index (χ0v) is 16.6. The fourth-order valence-electron chi connectivity index (χ4n) is 3.70. The summed E-state index contributed by atoms with van der Waals surface area (Å²) in [6.45, 7) is 2.93. The van der Waals surface area contributed by atoms with Crippen LogP contribution in [-0.4, -0.2) is 40.7 Å². The number of anilines is 1. The first-order valence-electron chi connectivity index (χ1n) is 9.56. The normalized spacial score (nSPS) is 14.4. The number of hydrogen-bond donors (Lipinski definition) is 0. The summed E-state index contributed by atoms with van der Waals surface area (Å²) in [5.74, 6) is -0.675. The van der Waals surface area contributed by atoms with Gasteiger partial charge in [0.15, 0.2) is 5.69 Å². The number of likely N-dealkylation sites (N-methyl/N-ethyl adjacent to an activating group) is 1. The van der Waals surface area contributed by atoms with Gasteiger partial charge < -0.3 is 9.80 Å². The SMILES string of the molecule is Cc1ccc(-n2ncc(C(=O)N3CCN(C)c4ccccc4C3)c2C(F)(F)F)cc1. The lowest BCUT2D eigenvalue weighted by molar-refractivity contribution is -0.143. The van der Waals surface area contributed by atoms with Gasteiger partial charge in [0.05, 0.1) is 17.4 Å². The molecule has 2 aromatic carbocycles. The number of benzene rings is 2. The minimum absolute atomic E-state index is 0.242. The van der Waals surface area contributed by atoms with Crippen molar-refractivity contribution >= 4 is 11.6 Å². The predicted octanol–water partition coefficient (Wildman–Crippen LogP) is 4.29. The molecule has 4 rings (SSSR count). The van der Waals surface area contributed by atoms with Crippen molar-refractivity contribution < 1.29 is 18.0 Å². The third-order valence-corrected chi connectivity index (χ3v) is 5.30. The highest BCUT2D eigenvalue weighted by molar-refractivity contribution is 5.95. The zero-order chi connectivity index (χ0) is 21.5. The van der Waals surface area contributed by atoms with Crippen LogP contribution in [0.4, 0.5) is 18.9 Å². The van der Waals surface area contributed by atoms with Gasteiger partial charge in [-0.3, -0.25) is 4.79 Å². The average Bonchev–Trinajstić information content (AvgIpc) is 3.09. The van der Waals surface area contributed by atoms with Crippen LogP contribution in [-0.2, 0) is 12.7 Å². The molecule has 0 fully saturated rings. The average molecular weight is 414 g/mol. The first kappa shape index (κ1) is 20.0. The largest absolute Gasteiger partial charge is 0.434 e. The van der Waals surface area contributed by atoms with E-state index < -0.39 is 23.3 Å². The van der Waals surface area contributed by atoms with Gasteiger partial charge in [-0.15, -0.1) is 0 Å². The predicted molar refractivity (Wildman–Crippen MR) is 108 cm³/mol. The van der Waals surface area contributed by atoms with Crippen LogP contribution in [0.2, 0.25) is 0 Å². The number of amides is 1. The molecule has 1 aliphatic heterocycles. The zero-order valence-electron chi connectivity index (χ0n) is 16.6. The molecule has 1 aliphatic rings. The monoisotopic (exact) mass is 414 g/mol. The lowest BCUT2D eigenvalue weighted by Gasteiger charge is -2.22. The van der Waals surface area contributed by atoms with Crippen LogP contribution in [0.25, 0.3) is 5.69 Å². The van der Waals surface area contributed by atoms with Crippen LogP contribution in [0.3, 0.4) is 0 Å². The Labute approximate surface area is 172 Å². The molecule has 5 nitrogen and oxygen atoms in total. The Kier molecular flexibility index (Phi) is 5.01. The third kappa shape index (κ3) is 3.65. The Morgan fingerprint density at radius 1 is 1.03 bits per heavy atom. The number of rotatable bonds is 2. The highest BCUT2D eigenvalue weighted by atomic mass is 19.4. The van der Waals surface area contributed by atoms with Gasteiger partial charge in [0, 0.05) is 32.4 Å². The fraction of sp³-hybridized carbons (Fsp3) is 0.273. The van der Waals surface area contributed by atoms with E-state index >= 15 is 0 Å². The maximum Gasteiger partial charge on any atom is 0.434 e. The summed E-state index contributed by atoms with van der Waals surface area (Å²) < 4.78 is 42.7. The molecular weight excluding hydrogens is 393 g/mol. The van der Waals surface area contributed by atoms with Gasteiger partial charge in [0.1, 0.15) is 0 Å². The van der Waals surface area contributed by atoms with Crippen LogP contribution in [0.5, 0.6) is 0 Å². The lowest BCUT2D eigenvalue weighted by atomic mass is 10.1. The Morgan fingerprint density at radius 2 is 1.73 bits per heavy atom. The Bertz CT molecular complexity index is 1070. The molecule has 0 atom stereocenters. The molecule has 1 amide bonds. The Balaban J connectivity index is 1.74. The smallest absolute Gasteiger partial charge is 0.373 e. The Morgan fingerprint density at radius 3 is 2.43 bits per heavy atom. The van der Waals surface area contributed by atoms with Gasteiger partial charge in [-0.05, 0) is 30.7 Å². The highest BCUT2D eigenvalue weighted by Crippen LogP contribution is 2.35. The summed E-state index contributed by atoms with van der Waals surface area (Å²) in [6.07, 6.45) is -3.71. The number of alkyl halides is 3. The Hall–Kier alpha value is -3.29. The number of para-hydroxylation sites is 1. The van der Waals surface area contributed by atoms with Crippen molar-refractivity contribution in [2.24, 2.45) is 0 Å². The molecule has 0 saturated heterocycles. The van der Waals surface area contributed by atoms with Gasteiger partial charge in [-0.25, -0.2) is 4.68 Å².